The van der Waals surface area contributed by atoms with Gasteiger partial charge in [0.2, 0.25) is 10.0 Å². The fourth-order valence-corrected chi connectivity index (χ4v) is 5.39. The van der Waals surface area contributed by atoms with Gasteiger partial charge in [-0.2, -0.15) is 4.31 Å². The normalized spacial score (nSPS) is 17.2. The van der Waals surface area contributed by atoms with Gasteiger partial charge < -0.3 is 9.64 Å². The van der Waals surface area contributed by atoms with Gasteiger partial charge >= 0.3 is 0 Å². The van der Waals surface area contributed by atoms with Gasteiger partial charge in [-0.05, 0) is 56.3 Å². The second-order valence-electron chi connectivity index (χ2n) is 7.54. The van der Waals surface area contributed by atoms with E-state index >= 15 is 0 Å². The molecule has 6 nitrogen and oxygen atoms in total. The third-order valence-corrected chi connectivity index (χ3v) is 8.04. The quantitative estimate of drug-likeness (QED) is 0.634. The molecule has 0 radical (unpaired) electrons. The van der Waals surface area contributed by atoms with Crippen LogP contribution in [0, 0.1) is 0 Å². The summed E-state index contributed by atoms with van der Waals surface area (Å²) in [5.74, 6) is -0.182. The summed E-state index contributed by atoms with van der Waals surface area (Å²) in [6.07, 6.45) is 1.96. The van der Waals surface area contributed by atoms with E-state index in [-0.39, 0.29) is 22.9 Å². The highest BCUT2D eigenvalue weighted by molar-refractivity contribution is 7.89. The Balaban J connectivity index is 1.86. The van der Waals surface area contributed by atoms with E-state index in [2.05, 4.69) is 0 Å². The highest BCUT2D eigenvalue weighted by atomic mass is 32.2. The number of hydrogen-bond acceptors (Lipinski definition) is 5. The molecule has 1 saturated heterocycles. The van der Waals surface area contributed by atoms with Gasteiger partial charge in [0.15, 0.2) is 0 Å². The van der Waals surface area contributed by atoms with Gasteiger partial charge in [-0.25, -0.2) is 8.42 Å². The molecule has 158 valence electrons. The van der Waals surface area contributed by atoms with Crippen LogP contribution in [-0.2, 0) is 21.3 Å². The number of ether oxygens (including phenoxy) is 1. The Labute approximate surface area is 177 Å². The van der Waals surface area contributed by atoms with Crippen molar-refractivity contribution < 1.29 is 17.9 Å². The first kappa shape index (κ1) is 22.0. The number of nitrogens with zero attached hydrogens (tertiary/aromatic N) is 2. The SMILES string of the molecule is CC(C)N(C)S(=O)(=O)c1cccc(C(=O)N(Cc2cccs2)CC2CCCO2)c1. The molecule has 2 heterocycles. The topological polar surface area (TPSA) is 66.9 Å². The highest BCUT2D eigenvalue weighted by Crippen LogP contribution is 2.22. The number of sulfonamides is 1. The van der Waals surface area contributed by atoms with Gasteiger partial charge in [-0.15, -0.1) is 11.3 Å². The first-order valence-electron chi connectivity index (χ1n) is 9.80. The molecule has 1 unspecified atom stereocenters. The maximum atomic E-state index is 13.3. The molecule has 0 bridgehead atoms. The van der Waals surface area contributed by atoms with Crippen LogP contribution in [0.4, 0.5) is 0 Å². The van der Waals surface area contributed by atoms with Crippen molar-refractivity contribution in [3.8, 4) is 0 Å². The van der Waals surface area contributed by atoms with E-state index in [1.54, 1.807) is 35.4 Å². The lowest BCUT2D eigenvalue weighted by Crippen LogP contribution is -2.37. The summed E-state index contributed by atoms with van der Waals surface area (Å²) >= 11 is 1.60. The molecule has 0 N–H and O–H groups in total. The summed E-state index contributed by atoms with van der Waals surface area (Å²) in [6.45, 7) is 5.34. The molecule has 29 heavy (non-hydrogen) atoms. The van der Waals surface area contributed by atoms with Gasteiger partial charge in [0.1, 0.15) is 0 Å². The Morgan fingerprint density at radius 1 is 1.28 bits per heavy atom. The summed E-state index contributed by atoms with van der Waals surface area (Å²) in [6, 6.07) is 10.1. The van der Waals surface area contributed by atoms with E-state index in [1.165, 1.54) is 16.4 Å². The lowest BCUT2D eigenvalue weighted by atomic mass is 10.1. The molecule has 3 rings (SSSR count). The van der Waals surface area contributed by atoms with Crippen molar-refractivity contribution in [1.82, 2.24) is 9.21 Å². The molecule has 1 fully saturated rings. The fourth-order valence-electron chi connectivity index (χ4n) is 3.26. The predicted octanol–water partition coefficient (Wildman–Crippen LogP) is 3.60. The molecule has 2 aromatic rings. The zero-order valence-electron chi connectivity index (χ0n) is 17.1. The van der Waals surface area contributed by atoms with Crippen LogP contribution in [0.15, 0.2) is 46.7 Å². The second kappa shape index (κ2) is 9.38. The lowest BCUT2D eigenvalue weighted by molar-refractivity contribution is 0.0509. The molecular weight excluding hydrogens is 408 g/mol. The maximum absolute atomic E-state index is 13.3. The molecular formula is C21H28N2O4S2. The van der Waals surface area contributed by atoms with Crippen LogP contribution in [0.1, 0.15) is 41.9 Å². The first-order chi connectivity index (χ1) is 13.8. The van der Waals surface area contributed by atoms with Crippen LogP contribution < -0.4 is 0 Å². The Hall–Kier alpha value is -1.74. The van der Waals surface area contributed by atoms with Gasteiger partial charge in [0.25, 0.3) is 5.91 Å². The van der Waals surface area contributed by atoms with E-state index in [1.807, 2.05) is 31.4 Å². The Kier molecular flexibility index (Phi) is 7.10. The number of hydrogen-bond donors (Lipinski definition) is 0. The van der Waals surface area contributed by atoms with Crippen molar-refractivity contribution in [3.05, 3.63) is 52.2 Å². The van der Waals surface area contributed by atoms with Gasteiger partial charge in [-0.3, -0.25) is 4.79 Å². The molecule has 8 heteroatoms. The summed E-state index contributed by atoms with van der Waals surface area (Å²) in [5, 5.41) is 1.99. The number of rotatable bonds is 8. The molecule has 1 aromatic heterocycles. The van der Waals surface area contributed by atoms with Crippen molar-refractivity contribution in [2.75, 3.05) is 20.2 Å². The van der Waals surface area contributed by atoms with E-state index in [4.69, 9.17) is 4.74 Å². The van der Waals surface area contributed by atoms with Crippen LogP contribution in [0.5, 0.6) is 0 Å². The van der Waals surface area contributed by atoms with Crippen LogP contribution in [0.25, 0.3) is 0 Å². The largest absolute Gasteiger partial charge is 0.376 e. The number of carbonyl (C=O) groups excluding carboxylic acids is 1. The summed E-state index contributed by atoms with van der Waals surface area (Å²) in [7, 11) is -2.10. The van der Waals surface area contributed by atoms with E-state index in [0.717, 1.165) is 24.3 Å². The molecule has 1 aromatic carbocycles. The first-order valence-corrected chi connectivity index (χ1v) is 12.1. The average molecular weight is 437 g/mol. The van der Waals surface area contributed by atoms with Crippen molar-refractivity contribution in [2.24, 2.45) is 0 Å². The number of benzene rings is 1. The van der Waals surface area contributed by atoms with Gasteiger partial charge in [0, 0.05) is 36.7 Å². The Bertz CT molecular complexity index is 920. The minimum atomic E-state index is -3.65. The predicted molar refractivity (Wildman–Crippen MR) is 115 cm³/mol. The third-order valence-electron chi connectivity index (χ3n) is 5.15. The molecule has 1 amide bonds. The highest BCUT2D eigenvalue weighted by Gasteiger charge is 2.27. The molecule has 1 aliphatic rings. The average Bonchev–Trinajstić information content (AvgIpc) is 3.40. The van der Waals surface area contributed by atoms with Crippen LogP contribution in [-0.4, -0.2) is 55.9 Å². The summed E-state index contributed by atoms with van der Waals surface area (Å²) in [5.41, 5.74) is 0.373. The lowest BCUT2D eigenvalue weighted by Gasteiger charge is -2.26. The Morgan fingerprint density at radius 3 is 2.69 bits per heavy atom. The van der Waals surface area contributed by atoms with E-state index in [0.29, 0.717) is 18.7 Å². The minimum Gasteiger partial charge on any atom is -0.376 e. The fraction of sp³-hybridized carbons (Fsp3) is 0.476. The molecule has 0 saturated carbocycles. The monoisotopic (exact) mass is 436 g/mol. The molecule has 1 aliphatic heterocycles. The van der Waals surface area contributed by atoms with Crippen molar-refractivity contribution in [2.45, 2.75) is 50.3 Å². The van der Waals surface area contributed by atoms with Crippen molar-refractivity contribution in [3.63, 3.8) is 0 Å². The third kappa shape index (κ3) is 5.25. The summed E-state index contributed by atoms with van der Waals surface area (Å²) < 4.78 is 32.7. The van der Waals surface area contributed by atoms with Gasteiger partial charge in [0.05, 0.1) is 17.5 Å². The summed E-state index contributed by atoms with van der Waals surface area (Å²) in [4.78, 5) is 16.3. The van der Waals surface area contributed by atoms with Crippen LogP contribution in [0.3, 0.4) is 0 Å². The van der Waals surface area contributed by atoms with E-state index in [9.17, 15) is 13.2 Å². The molecule has 0 spiro atoms. The van der Waals surface area contributed by atoms with Gasteiger partial charge in [-0.1, -0.05) is 12.1 Å². The standard InChI is InChI=1S/C21H28N2O4S2/c1-16(2)22(3)29(25,26)20-10-4-7-17(13-20)21(24)23(14-18-8-5-11-27-18)15-19-9-6-12-28-19/h4,6-7,9-10,12-13,16,18H,5,8,11,14-15H2,1-3H3. The van der Waals surface area contributed by atoms with Crippen molar-refractivity contribution in [1.29, 1.82) is 0 Å². The second-order valence-corrected chi connectivity index (χ2v) is 10.6. The number of amides is 1. The number of carbonyl (C=O) groups is 1. The maximum Gasteiger partial charge on any atom is 0.254 e. The van der Waals surface area contributed by atoms with E-state index < -0.39 is 10.0 Å². The zero-order valence-corrected chi connectivity index (χ0v) is 18.7. The Morgan fingerprint density at radius 2 is 2.07 bits per heavy atom. The van der Waals surface area contributed by atoms with Crippen LogP contribution in [0.2, 0.25) is 0 Å². The minimum absolute atomic E-state index is 0.0258. The number of thiophene rings is 1. The van der Waals surface area contributed by atoms with Crippen LogP contribution >= 0.6 is 11.3 Å². The van der Waals surface area contributed by atoms with Crippen molar-refractivity contribution >= 4 is 27.3 Å². The smallest absolute Gasteiger partial charge is 0.254 e. The molecule has 1 atom stereocenters. The molecule has 0 aliphatic carbocycles. The zero-order chi connectivity index (χ0) is 21.0.